The molecule has 134 valence electrons. The molecule has 0 saturated carbocycles. The number of carbonyl (C=O) groups excluding carboxylic acids is 1. The summed E-state index contributed by atoms with van der Waals surface area (Å²) in [6.45, 7) is 0. The first kappa shape index (κ1) is 16.3. The van der Waals surface area contributed by atoms with Crippen molar-refractivity contribution < 1.29 is 9.72 Å². The van der Waals surface area contributed by atoms with E-state index in [1.165, 1.54) is 23.4 Å². The van der Waals surface area contributed by atoms with Crippen LogP contribution in [0.2, 0.25) is 0 Å². The molecule has 5 rings (SSSR count). The number of nitro groups is 1. The molecule has 0 unspecified atom stereocenters. The lowest BCUT2D eigenvalue weighted by Gasteiger charge is -2.37. The Labute approximate surface area is 159 Å². The first-order valence-electron chi connectivity index (χ1n) is 8.73. The first-order valence-corrected chi connectivity index (χ1v) is 9.71. The van der Waals surface area contributed by atoms with Crippen molar-refractivity contribution in [1.29, 1.82) is 0 Å². The average molecular weight is 377 g/mol. The second-order valence-electron chi connectivity index (χ2n) is 6.73. The number of non-ortho nitro benzene ring substituents is 1. The van der Waals surface area contributed by atoms with Gasteiger partial charge in [0.25, 0.3) is 5.69 Å². The number of aliphatic imine (C=N–C) groups is 1. The van der Waals surface area contributed by atoms with E-state index in [-0.39, 0.29) is 17.6 Å². The Morgan fingerprint density at radius 2 is 2.00 bits per heavy atom. The van der Waals surface area contributed by atoms with Crippen LogP contribution in [-0.2, 0) is 11.2 Å². The lowest BCUT2D eigenvalue weighted by atomic mass is 9.82. The van der Waals surface area contributed by atoms with E-state index in [2.05, 4.69) is 12.1 Å². The Bertz CT molecular complexity index is 1060. The Balaban J connectivity index is 1.72. The Morgan fingerprint density at radius 1 is 1.15 bits per heavy atom. The van der Waals surface area contributed by atoms with E-state index >= 15 is 0 Å². The molecule has 1 atom stereocenters. The van der Waals surface area contributed by atoms with Crippen LogP contribution in [0, 0.1) is 10.1 Å². The SMILES string of the molecule is O=C1CSC2=NC3=C(CCc4ccccc43)[C@@H](c3cccc([N+](=O)[O-])c3)N12. The van der Waals surface area contributed by atoms with Gasteiger partial charge in [-0.1, -0.05) is 48.2 Å². The minimum atomic E-state index is -0.395. The summed E-state index contributed by atoms with van der Waals surface area (Å²) in [6, 6.07) is 14.5. The highest BCUT2D eigenvalue weighted by Crippen LogP contribution is 2.47. The number of thioether (sulfide) groups is 1. The number of fused-ring (bicyclic) bond motifs is 3. The maximum Gasteiger partial charge on any atom is 0.269 e. The quantitative estimate of drug-likeness (QED) is 0.587. The van der Waals surface area contributed by atoms with Gasteiger partial charge in [0.1, 0.15) is 0 Å². The van der Waals surface area contributed by atoms with Gasteiger partial charge in [-0.2, -0.15) is 0 Å². The second-order valence-corrected chi connectivity index (χ2v) is 7.67. The van der Waals surface area contributed by atoms with Crippen LogP contribution in [0.3, 0.4) is 0 Å². The van der Waals surface area contributed by atoms with Gasteiger partial charge in [-0.3, -0.25) is 19.8 Å². The third-order valence-electron chi connectivity index (χ3n) is 5.23. The number of hydrogen-bond donors (Lipinski definition) is 0. The number of amidine groups is 1. The van der Waals surface area contributed by atoms with Crippen molar-refractivity contribution in [2.45, 2.75) is 18.9 Å². The number of nitro benzene ring substituents is 1. The number of hydrogen-bond acceptors (Lipinski definition) is 5. The van der Waals surface area contributed by atoms with Crippen molar-refractivity contribution >= 4 is 34.2 Å². The van der Waals surface area contributed by atoms with Crippen LogP contribution >= 0.6 is 11.8 Å². The van der Waals surface area contributed by atoms with Gasteiger partial charge in [-0.15, -0.1) is 0 Å². The third-order valence-corrected chi connectivity index (χ3v) is 6.17. The predicted octanol–water partition coefficient (Wildman–Crippen LogP) is 3.94. The van der Waals surface area contributed by atoms with Crippen LogP contribution in [-0.4, -0.2) is 26.7 Å². The van der Waals surface area contributed by atoms with E-state index in [4.69, 9.17) is 4.99 Å². The largest absolute Gasteiger partial charge is 0.279 e. The molecule has 2 aliphatic heterocycles. The molecule has 2 heterocycles. The fraction of sp³-hybridized carbons (Fsp3) is 0.200. The summed E-state index contributed by atoms with van der Waals surface area (Å²) in [5, 5.41) is 11.9. The molecule has 0 bridgehead atoms. The molecule has 3 aliphatic rings. The minimum Gasteiger partial charge on any atom is -0.279 e. The fourth-order valence-electron chi connectivity index (χ4n) is 4.05. The summed E-state index contributed by atoms with van der Waals surface area (Å²) in [5.41, 5.74) is 5.13. The topological polar surface area (TPSA) is 75.8 Å². The van der Waals surface area contributed by atoms with E-state index in [1.54, 1.807) is 17.0 Å². The summed E-state index contributed by atoms with van der Waals surface area (Å²) >= 11 is 1.43. The Hall–Kier alpha value is -2.93. The number of amides is 1. The Kier molecular flexibility index (Phi) is 3.65. The molecule has 0 N–H and O–H groups in total. The Morgan fingerprint density at radius 3 is 2.85 bits per heavy atom. The zero-order valence-electron chi connectivity index (χ0n) is 14.3. The minimum absolute atomic E-state index is 0.000615. The zero-order valence-corrected chi connectivity index (χ0v) is 15.1. The van der Waals surface area contributed by atoms with Gasteiger partial charge in [-0.25, -0.2) is 4.99 Å². The van der Waals surface area contributed by atoms with Crippen LogP contribution < -0.4 is 0 Å². The monoisotopic (exact) mass is 377 g/mol. The van der Waals surface area contributed by atoms with Gasteiger partial charge in [-0.05, 0) is 29.5 Å². The van der Waals surface area contributed by atoms with Crippen LogP contribution in [0.25, 0.3) is 5.70 Å². The van der Waals surface area contributed by atoms with Crippen molar-refractivity contribution in [2.24, 2.45) is 4.99 Å². The van der Waals surface area contributed by atoms with Crippen molar-refractivity contribution in [3.05, 3.63) is 80.9 Å². The van der Waals surface area contributed by atoms with Crippen LogP contribution in [0.4, 0.5) is 5.69 Å². The molecule has 27 heavy (non-hydrogen) atoms. The molecule has 0 spiro atoms. The summed E-state index contributed by atoms with van der Waals surface area (Å²) in [4.78, 5) is 30.0. The van der Waals surface area contributed by atoms with Crippen LogP contribution in [0.5, 0.6) is 0 Å². The molecular formula is C20H15N3O3S. The van der Waals surface area contributed by atoms with Gasteiger partial charge in [0.05, 0.1) is 22.4 Å². The molecule has 6 nitrogen and oxygen atoms in total. The maximum atomic E-state index is 12.6. The van der Waals surface area contributed by atoms with Gasteiger partial charge in [0, 0.05) is 17.7 Å². The number of nitrogens with zero attached hydrogens (tertiary/aromatic N) is 3. The molecular weight excluding hydrogens is 362 g/mol. The number of aryl methyl sites for hydroxylation is 1. The number of carbonyl (C=O) groups is 1. The lowest BCUT2D eigenvalue weighted by molar-refractivity contribution is -0.384. The smallest absolute Gasteiger partial charge is 0.269 e. The van der Waals surface area contributed by atoms with Crippen molar-refractivity contribution in [3.8, 4) is 0 Å². The van der Waals surface area contributed by atoms with Crippen molar-refractivity contribution in [3.63, 3.8) is 0 Å². The molecule has 1 fully saturated rings. The highest BCUT2D eigenvalue weighted by atomic mass is 32.2. The molecule has 0 aromatic heterocycles. The highest BCUT2D eigenvalue weighted by Gasteiger charge is 2.42. The molecule has 1 aliphatic carbocycles. The predicted molar refractivity (Wildman–Crippen MR) is 104 cm³/mol. The summed E-state index contributed by atoms with van der Waals surface area (Å²) in [7, 11) is 0. The van der Waals surface area contributed by atoms with E-state index < -0.39 is 4.92 Å². The fourth-order valence-corrected chi connectivity index (χ4v) is 4.94. The van der Waals surface area contributed by atoms with E-state index in [0.29, 0.717) is 10.9 Å². The van der Waals surface area contributed by atoms with Gasteiger partial charge >= 0.3 is 0 Å². The first-order chi connectivity index (χ1) is 13.1. The van der Waals surface area contributed by atoms with Crippen LogP contribution in [0.15, 0.2) is 59.1 Å². The average Bonchev–Trinajstić information content (AvgIpc) is 3.07. The summed E-state index contributed by atoms with van der Waals surface area (Å²) in [6.07, 6.45) is 1.66. The molecule has 1 saturated heterocycles. The van der Waals surface area contributed by atoms with Gasteiger partial charge in [0.2, 0.25) is 5.91 Å². The van der Waals surface area contributed by atoms with E-state index in [0.717, 1.165) is 35.2 Å². The summed E-state index contributed by atoms with van der Waals surface area (Å²) in [5.74, 6) is 0.354. The zero-order chi connectivity index (χ0) is 18.5. The lowest BCUT2D eigenvalue weighted by Crippen LogP contribution is -2.38. The summed E-state index contributed by atoms with van der Waals surface area (Å²) < 4.78 is 0. The van der Waals surface area contributed by atoms with E-state index in [9.17, 15) is 14.9 Å². The van der Waals surface area contributed by atoms with Gasteiger partial charge < -0.3 is 0 Å². The molecule has 2 aromatic carbocycles. The molecule has 2 aromatic rings. The van der Waals surface area contributed by atoms with Crippen molar-refractivity contribution in [1.82, 2.24) is 4.90 Å². The maximum absolute atomic E-state index is 12.6. The number of rotatable bonds is 2. The normalized spacial score (nSPS) is 20.7. The highest BCUT2D eigenvalue weighted by molar-refractivity contribution is 8.15. The molecule has 1 amide bonds. The molecule has 7 heteroatoms. The number of benzene rings is 2. The second kappa shape index (κ2) is 6.06. The molecule has 0 radical (unpaired) electrons. The standard InChI is InChI=1S/C20H15N3O3S/c24-17-11-27-20-21-18-15-7-2-1-4-12(15)8-9-16(18)19(22(17)20)13-5-3-6-14(10-13)23(25)26/h1-7,10,19H,8-9,11H2/t19-/m1/s1. The van der Waals surface area contributed by atoms with E-state index in [1.807, 2.05) is 18.2 Å². The van der Waals surface area contributed by atoms with Gasteiger partial charge in [0.15, 0.2) is 5.17 Å². The van der Waals surface area contributed by atoms with Crippen molar-refractivity contribution in [2.75, 3.05) is 5.75 Å². The van der Waals surface area contributed by atoms with Crippen LogP contribution in [0.1, 0.15) is 29.2 Å². The third kappa shape index (κ3) is 2.49.